The lowest BCUT2D eigenvalue weighted by molar-refractivity contribution is 0.102. The van der Waals surface area contributed by atoms with Crippen molar-refractivity contribution in [1.29, 1.82) is 0 Å². The molecule has 6 heteroatoms. The highest BCUT2D eigenvalue weighted by atomic mass is 79.9. The molecule has 116 valence electrons. The van der Waals surface area contributed by atoms with Gasteiger partial charge in [-0.05, 0) is 53.5 Å². The second-order valence-electron chi connectivity index (χ2n) is 5.16. The molecule has 0 fully saturated rings. The lowest BCUT2D eigenvalue weighted by atomic mass is 10.1. The summed E-state index contributed by atoms with van der Waals surface area (Å²) in [5, 5.41) is 10.5. The zero-order valence-corrected chi connectivity index (χ0v) is 14.2. The van der Waals surface area contributed by atoms with Gasteiger partial charge in [0.2, 0.25) is 5.89 Å². The highest BCUT2D eigenvalue weighted by Crippen LogP contribution is 2.25. The van der Waals surface area contributed by atoms with E-state index in [1.165, 1.54) is 0 Å². The van der Waals surface area contributed by atoms with Crippen molar-refractivity contribution >= 4 is 27.9 Å². The van der Waals surface area contributed by atoms with E-state index in [-0.39, 0.29) is 11.9 Å². The lowest BCUT2D eigenvalue weighted by Gasteiger charge is -2.03. The quantitative estimate of drug-likeness (QED) is 0.742. The van der Waals surface area contributed by atoms with Gasteiger partial charge >= 0.3 is 6.01 Å². The summed E-state index contributed by atoms with van der Waals surface area (Å²) in [6.45, 7) is 3.97. The summed E-state index contributed by atoms with van der Waals surface area (Å²) in [7, 11) is 0. The Kier molecular flexibility index (Phi) is 4.25. The zero-order valence-electron chi connectivity index (χ0n) is 12.6. The molecule has 0 radical (unpaired) electrons. The number of aromatic nitrogens is 2. The van der Waals surface area contributed by atoms with Gasteiger partial charge in [0.25, 0.3) is 5.91 Å². The van der Waals surface area contributed by atoms with Gasteiger partial charge in [-0.2, -0.15) is 0 Å². The number of carbonyl (C=O) groups is 1. The van der Waals surface area contributed by atoms with Crippen LogP contribution in [0.25, 0.3) is 11.5 Å². The van der Waals surface area contributed by atoms with Gasteiger partial charge in [-0.1, -0.05) is 34.9 Å². The first-order valence-electron chi connectivity index (χ1n) is 7.01. The largest absolute Gasteiger partial charge is 0.403 e. The number of nitrogens with zero attached hydrogens (tertiary/aromatic N) is 2. The first kappa shape index (κ1) is 15.4. The van der Waals surface area contributed by atoms with Gasteiger partial charge in [0, 0.05) is 10.0 Å². The third kappa shape index (κ3) is 3.32. The molecule has 0 aliphatic carbocycles. The molecule has 23 heavy (non-hydrogen) atoms. The second kappa shape index (κ2) is 6.34. The number of hydrogen-bond donors (Lipinski definition) is 1. The fraction of sp³-hybridized carbons (Fsp3) is 0.118. The summed E-state index contributed by atoms with van der Waals surface area (Å²) >= 11 is 3.34. The predicted molar refractivity (Wildman–Crippen MR) is 91.3 cm³/mol. The van der Waals surface area contributed by atoms with Gasteiger partial charge in [0.05, 0.1) is 5.56 Å². The minimum atomic E-state index is -0.311. The first-order valence-corrected chi connectivity index (χ1v) is 7.81. The molecular formula is C17H14BrN3O2. The van der Waals surface area contributed by atoms with Crippen LogP contribution in [0.5, 0.6) is 0 Å². The SMILES string of the molecule is Cc1ccc(C)c(-c2nnc(NC(=O)c3ccccc3Br)o2)c1. The Morgan fingerprint density at radius 3 is 2.70 bits per heavy atom. The molecule has 2 aromatic carbocycles. The van der Waals surface area contributed by atoms with Crippen LogP contribution in [0.4, 0.5) is 6.01 Å². The van der Waals surface area contributed by atoms with Crippen LogP contribution in [-0.4, -0.2) is 16.1 Å². The van der Waals surface area contributed by atoms with E-state index < -0.39 is 0 Å². The second-order valence-corrected chi connectivity index (χ2v) is 6.02. The maximum atomic E-state index is 12.2. The molecular weight excluding hydrogens is 358 g/mol. The van der Waals surface area contributed by atoms with E-state index in [4.69, 9.17) is 4.42 Å². The smallest absolute Gasteiger partial charge is 0.322 e. The van der Waals surface area contributed by atoms with E-state index in [0.29, 0.717) is 15.9 Å². The van der Waals surface area contributed by atoms with E-state index in [0.717, 1.165) is 16.7 Å². The van der Waals surface area contributed by atoms with Crippen molar-refractivity contribution in [3.05, 3.63) is 63.6 Å². The predicted octanol–water partition coefficient (Wildman–Crippen LogP) is 4.37. The summed E-state index contributed by atoms with van der Waals surface area (Å²) < 4.78 is 6.27. The van der Waals surface area contributed by atoms with Gasteiger partial charge in [0.15, 0.2) is 0 Å². The van der Waals surface area contributed by atoms with Crippen molar-refractivity contribution < 1.29 is 9.21 Å². The van der Waals surface area contributed by atoms with E-state index >= 15 is 0 Å². The number of aryl methyl sites for hydroxylation is 2. The van der Waals surface area contributed by atoms with Gasteiger partial charge < -0.3 is 4.42 Å². The van der Waals surface area contributed by atoms with Crippen molar-refractivity contribution in [2.45, 2.75) is 13.8 Å². The number of hydrogen-bond acceptors (Lipinski definition) is 4. The van der Waals surface area contributed by atoms with Crippen molar-refractivity contribution in [3.63, 3.8) is 0 Å². The van der Waals surface area contributed by atoms with Crippen molar-refractivity contribution in [3.8, 4) is 11.5 Å². The third-order valence-corrected chi connectivity index (χ3v) is 4.08. The number of benzene rings is 2. The summed E-state index contributed by atoms with van der Waals surface area (Å²) in [6.07, 6.45) is 0. The molecule has 0 bridgehead atoms. The average Bonchev–Trinajstić information content (AvgIpc) is 2.98. The van der Waals surface area contributed by atoms with Crippen LogP contribution in [0.15, 0.2) is 51.4 Å². The normalized spacial score (nSPS) is 10.6. The van der Waals surface area contributed by atoms with Crippen molar-refractivity contribution in [2.24, 2.45) is 0 Å². The standard InChI is InChI=1S/C17H14BrN3O2/c1-10-7-8-11(2)13(9-10)16-20-21-17(23-16)19-15(22)12-5-3-4-6-14(12)18/h3-9H,1-2H3,(H,19,21,22). The van der Waals surface area contributed by atoms with Gasteiger partial charge in [-0.3, -0.25) is 10.1 Å². The van der Waals surface area contributed by atoms with E-state index in [2.05, 4.69) is 31.4 Å². The molecule has 1 N–H and O–H groups in total. The molecule has 0 unspecified atom stereocenters. The monoisotopic (exact) mass is 371 g/mol. The van der Waals surface area contributed by atoms with Crippen LogP contribution in [0, 0.1) is 13.8 Å². The fourth-order valence-corrected chi connectivity index (χ4v) is 2.62. The average molecular weight is 372 g/mol. The summed E-state index contributed by atoms with van der Waals surface area (Å²) in [5.41, 5.74) is 3.49. The number of nitrogens with one attached hydrogen (secondary N) is 1. The number of halogens is 1. The van der Waals surface area contributed by atoms with Crippen LogP contribution in [0.1, 0.15) is 21.5 Å². The highest BCUT2D eigenvalue weighted by molar-refractivity contribution is 9.10. The van der Waals surface area contributed by atoms with Crippen LogP contribution >= 0.6 is 15.9 Å². The van der Waals surface area contributed by atoms with E-state index in [1.54, 1.807) is 18.2 Å². The first-order chi connectivity index (χ1) is 11.0. The molecule has 1 amide bonds. The number of amides is 1. The Labute approximate surface area is 141 Å². The molecule has 0 aliphatic heterocycles. The maximum Gasteiger partial charge on any atom is 0.322 e. The Balaban J connectivity index is 1.84. The molecule has 0 spiro atoms. The molecule has 1 heterocycles. The summed E-state index contributed by atoms with van der Waals surface area (Å²) in [4.78, 5) is 12.2. The summed E-state index contributed by atoms with van der Waals surface area (Å²) in [6, 6.07) is 13.2. The van der Waals surface area contributed by atoms with Crippen LogP contribution in [0.3, 0.4) is 0 Å². The minimum absolute atomic E-state index is 0.0710. The number of carbonyl (C=O) groups excluding carboxylic acids is 1. The number of rotatable bonds is 3. The van der Waals surface area contributed by atoms with Crippen molar-refractivity contribution in [2.75, 3.05) is 5.32 Å². The Bertz CT molecular complexity index is 874. The highest BCUT2D eigenvalue weighted by Gasteiger charge is 2.15. The molecule has 0 saturated carbocycles. The van der Waals surface area contributed by atoms with Gasteiger partial charge in [-0.15, -0.1) is 5.10 Å². The maximum absolute atomic E-state index is 12.2. The van der Waals surface area contributed by atoms with Gasteiger partial charge in [-0.25, -0.2) is 0 Å². The van der Waals surface area contributed by atoms with Crippen LogP contribution in [-0.2, 0) is 0 Å². The fourth-order valence-electron chi connectivity index (χ4n) is 2.16. The molecule has 0 saturated heterocycles. The molecule has 1 aromatic heterocycles. The van der Waals surface area contributed by atoms with Crippen LogP contribution in [0.2, 0.25) is 0 Å². The Morgan fingerprint density at radius 2 is 1.91 bits per heavy atom. The number of anilines is 1. The zero-order chi connectivity index (χ0) is 16.4. The molecule has 0 atom stereocenters. The Morgan fingerprint density at radius 1 is 1.13 bits per heavy atom. The van der Waals surface area contributed by atoms with E-state index in [9.17, 15) is 4.79 Å². The minimum Gasteiger partial charge on any atom is -0.403 e. The molecule has 0 aliphatic rings. The molecule has 3 aromatic rings. The third-order valence-electron chi connectivity index (χ3n) is 3.39. The topological polar surface area (TPSA) is 68.0 Å². The lowest BCUT2D eigenvalue weighted by Crippen LogP contribution is -2.12. The van der Waals surface area contributed by atoms with Crippen LogP contribution < -0.4 is 5.32 Å². The molecule has 5 nitrogen and oxygen atoms in total. The van der Waals surface area contributed by atoms with Gasteiger partial charge in [0.1, 0.15) is 0 Å². The molecule has 3 rings (SSSR count). The Hall–Kier alpha value is -2.47. The van der Waals surface area contributed by atoms with Crippen molar-refractivity contribution in [1.82, 2.24) is 10.2 Å². The van der Waals surface area contributed by atoms with E-state index in [1.807, 2.05) is 38.1 Å². The summed E-state index contributed by atoms with van der Waals surface area (Å²) in [5.74, 6) is 0.0715.